The molecule has 0 radical (unpaired) electrons. The monoisotopic (exact) mass is 313 g/mol. The lowest BCUT2D eigenvalue weighted by molar-refractivity contribution is -0.143. The van der Waals surface area contributed by atoms with Gasteiger partial charge in [0.25, 0.3) is 15.9 Å². The molecule has 1 N–H and O–H groups in total. The van der Waals surface area contributed by atoms with Gasteiger partial charge in [0.05, 0.1) is 6.20 Å². The van der Waals surface area contributed by atoms with E-state index >= 15 is 0 Å². The highest BCUT2D eigenvalue weighted by atomic mass is 32.2. The Morgan fingerprint density at radius 2 is 1.90 bits per heavy atom. The predicted octanol–water partition coefficient (Wildman–Crippen LogP) is 1.02. The van der Waals surface area contributed by atoms with Crippen LogP contribution in [0, 0.1) is 0 Å². The molecule has 1 aliphatic rings. The molecular formula is C13H19N3O4S. The normalized spacial score (nSPS) is 18.7. The number of nitrogens with one attached hydrogen (secondary N) is 1. The van der Waals surface area contributed by atoms with Crippen molar-refractivity contribution in [2.75, 3.05) is 7.11 Å². The van der Waals surface area contributed by atoms with Crippen molar-refractivity contribution in [2.24, 2.45) is 0 Å². The van der Waals surface area contributed by atoms with Gasteiger partial charge in [-0.2, -0.15) is 8.42 Å². The third-order valence-electron chi connectivity index (χ3n) is 3.76. The Balaban J connectivity index is 2.19. The van der Waals surface area contributed by atoms with Crippen molar-refractivity contribution < 1.29 is 17.9 Å². The van der Waals surface area contributed by atoms with Gasteiger partial charge in [-0.25, -0.2) is 9.71 Å². The first kappa shape index (κ1) is 15.8. The molecule has 116 valence electrons. The van der Waals surface area contributed by atoms with Gasteiger partial charge in [-0.15, -0.1) is 0 Å². The molecule has 0 saturated heterocycles. The van der Waals surface area contributed by atoms with Gasteiger partial charge in [-0.3, -0.25) is 9.78 Å². The van der Waals surface area contributed by atoms with E-state index < -0.39 is 21.5 Å². The fraction of sp³-hybridized carbons (Fsp3) is 0.615. The maximum atomic E-state index is 12.4. The van der Waals surface area contributed by atoms with Crippen LogP contribution in [-0.2, 0) is 19.6 Å². The standard InChI is InChI=1S/C13H19N3O4S/c1-20-13(6-4-2-3-5-7-13)12(17)16-21(18,19)11-10-14-8-9-15-11/h8-10H,2-7H2,1H3,(H,16,17). The van der Waals surface area contributed by atoms with Gasteiger partial charge in [0.2, 0.25) is 0 Å². The summed E-state index contributed by atoms with van der Waals surface area (Å²) in [6.45, 7) is 0. The van der Waals surface area contributed by atoms with Gasteiger partial charge in [0, 0.05) is 19.5 Å². The van der Waals surface area contributed by atoms with Crippen LogP contribution in [-0.4, -0.2) is 37.0 Å². The minimum absolute atomic E-state index is 0.279. The fourth-order valence-corrected chi connectivity index (χ4v) is 3.45. The van der Waals surface area contributed by atoms with Crippen molar-refractivity contribution >= 4 is 15.9 Å². The number of hydrogen-bond acceptors (Lipinski definition) is 6. The van der Waals surface area contributed by atoms with Gasteiger partial charge >= 0.3 is 0 Å². The Morgan fingerprint density at radius 1 is 1.24 bits per heavy atom. The second-order valence-electron chi connectivity index (χ2n) is 5.09. The third kappa shape index (κ3) is 3.56. The molecule has 1 saturated carbocycles. The molecule has 1 heterocycles. The minimum atomic E-state index is -4.02. The highest BCUT2D eigenvalue weighted by Crippen LogP contribution is 2.30. The number of nitrogens with zero attached hydrogens (tertiary/aromatic N) is 2. The molecule has 0 bridgehead atoms. The molecule has 1 amide bonds. The van der Waals surface area contributed by atoms with Gasteiger partial charge < -0.3 is 4.74 Å². The Kier molecular flexibility index (Phi) is 4.89. The lowest BCUT2D eigenvalue weighted by Gasteiger charge is -2.29. The summed E-state index contributed by atoms with van der Waals surface area (Å²) in [4.78, 5) is 19.8. The lowest BCUT2D eigenvalue weighted by Crippen LogP contribution is -2.50. The van der Waals surface area contributed by atoms with Crippen LogP contribution < -0.4 is 4.72 Å². The summed E-state index contributed by atoms with van der Waals surface area (Å²) in [5, 5.41) is -0.279. The van der Waals surface area contributed by atoms with E-state index in [1.165, 1.54) is 19.5 Å². The zero-order chi connectivity index (χ0) is 15.3. The summed E-state index contributed by atoms with van der Waals surface area (Å²) >= 11 is 0. The number of hydrogen-bond donors (Lipinski definition) is 1. The van der Waals surface area contributed by atoms with Gasteiger partial charge in [-0.1, -0.05) is 25.7 Å². The van der Waals surface area contributed by atoms with Gasteiger partial charge in [-0.05, 0) is 12.8 Å². The number of ether oxygens (including phenoxy) is 1. The molecule has 7 nitrogen and oxygen atoms in total. The van der Waals surface area contributed by atoms with Gasteiger partial charge in [0.15, 0.2) is 5.03 Å². The number of sulfonamides is 1. The third-order valence-corrected chi connectivity index (χ3v) is 4.97. The van der Waals surface area contributed by atoms with E-state index in [9.17, 15) is 13.2 Å². The van der Waals surface area contributed by atoms with Crippen LogP contribution in [0.1, 0.15) is 38.5 Å². The largest absolute Gasteiger partial charge is 0.368 e. The molecule has 21 heavy (non-hydrogen) atoms. The number of rotatable bonds is 4. The maximum absolute atomic E-state index is 12.4. The Hall–Kier alpha value is -1.54. The fourth-order valence-electron chi connectivity index (χ4n) is 2.52. The summed E-state index contributed by atoms with van der Waals surface area (Å²) in [5.41, 5.74) is -1.08. The van der Waals surface area contributed by atoms with Crippen LogP contribution in [0.4, 0.5) is 0 Å². The van der Waals surface area contributed by atoms with Gasteiger partial charge in [0.1, 0.15) is 5.60 Å². The van der Waals surface area contributed by atoms with E-state index in [2.05, 4.69) is 14.7 Å². The van der Waals surface area contributed by atoms with Crippen molar-refractivity contribution in [3.63, 3.8) is 0 Å². The van der Waals surface area contributed by atoms with Crippen molar-refractivity contribution in [1.29, 1.82) is 0 Å². The van der Waals surface area contributed by atoms with Crippen molar-refractivity contribution in [3.8, 4) is 0 Å². The average molecular weight is 313 g/mol. The van der Waals surface area contributed by atoms with Crippen molar-refractivity contribution in [1.82, 2.24) is 14.7 Å². The molecule has 0 aliphatic heterocycles. The van der Waals surface area contributed by atoms with Crippen molar-refractivity contribution in [3.05, 3.63) is 18.6 Å². The second-order valence-corrected chi connectivity index (χ2v) is 6.72. The minimum Gasteiger partial charge on any atom is -0.368 e. The van der Waals surface area contributed by atoms with E-state index in [0.717, 1.165) is 31.9 Å². The van der Waals surface area contributed by atoms with E-state index in [1.807, 2.05) is 0 Å². The topological polar surface area (TPSA) is 98.2 Å². The van der Waals surface area contributed by atoms with Crippen LogP contribution in [0.5, 0.6) is 0 Å². The summed E-state index contributed by atoms with van der Waals surface area (Å²) in [6.07, 6.45) is 8.49. The molecule has 2 rings (SSSR count). The summed E-state index contributed by atoms with van der Waals surface area (Å²) in [6, 6.07) is 0. The average Bonchev–Trinajstić information content (AvgIpc) is 2.74. The smallest absolute Gasteiger partial charge is 0.283 e. The molecule has 0 spiro atoms. The summed E-state index contributed by atoms with van der Waals surface area (Å²) in [7, 11) is -2.58. The molecular weight excluding hydrogens is 294 g/mol. The zero-order valence-electron chi connectivity index (χ0n) is 11.9. The SMILES string of the molecule is COC1(C(=O)NS(=O)(=O)c2cnccn2)CCCCCC1. The first-order valence-corrected chi connectivity index (χ1v) is 8.37. The van der Waals surface area contributed by atoms with Crippen LogP contribution in [0.3, 0.4) is 0 Å². The lowest BCUT2D eigenvalue weighted by atomic mass is 9.93. The Morgan fingerprint density at radius 3 is 2.43 bits per heavy atom. The summed E-state index contributed by atoms with van der Waals surface area (Å²) in [5.74, 6) is -0.627. The Bertz CT molecular complexity index is 581. The number of amides is 1. The van der Waals surface area contributed by atoms with Crippen LogP contribution in [0.2, 0.25) is 0 Å². The first-order valence-electron chi connectivity index (χ1n) is 6.89. The number of methoxy groups -OCH3 is 1. The molecule has 0 atom stereocenters. The molecule has 1 aliphatic carbocycles. The number of carbonyl (C=O) groups is 1. The number of aromatic nitrogens is 2. The van der Waals surface area contributed by atoms with Crippen LogP contribution >= 0.6 is 0 Å². The molecule has 8 heteroatoms. The van der Waals surface area contributed by atoms with Crippen LogP contribution in [0.25, 0.3) is 0 Å². The summed E-state index contributed by atoms with van der Waals surface area (Å²) < 4.78 is 31.7. The highest BCUT2D eigenvalue weighted by Gasteiger charge is 2.40. The number of carbonyl (C=O) groups excluding carboxylic acids is 1. The molecule has 0 aromatic carbocycles. The quantitative estimate of drug-likeness (QED) is 0.833. The molecule has 1 fully saturated rings. The van der Waals surface area contributed by atoms with E-state index in [0.29, 0.717) is 12.8 Å². The second kappa shape index (κ2) is 6.48. The molecule has 1 aromatic heterocycles. The predicted molar refractivity (Wildman–Crippen MR) is 74.8 cm³/mol. The maximum Gasteiger partial charge on any atom is 0.283 e. The van der Waals surface area contributed by atoms with E-state index in [4.69, 9.17) is 4.74 Å². The first-order chi connectivity index (χ1) is 10.0. The van der Waals surface area contributed by atoms with Crippen LogP contribution in [0.15, 0.2) is 23.6 Å². The highest BCUT2D eigenvalue weighted by molar-refractivity contribution is 7.90. The zero-order valence-corrected chi connectivity index (χ0v) is 12.7. The Labute approximate surface area is 124 Å². The molecule has 0 unspecified atom stereocenters. The van der Waals surface area contributed by atoms with E-state index in [-0.39, 0.29) is 5.03 Å². The van der Waals surface area contributed by atoms with E-state index in [1.54, 1.807) is 0 Å². The molecule has 1 aromatic rings. The van der Waals surface area contributed by atoms with Crippen molar-refractivity contribution in [2.45, 2.75) is 49.2 Å².